The van der Waals surface area contributed by atoms with E-state index >= 15 is 0 Å². The molecule has 2 rings (SSSR count). The number of hydrogen-bond donors (Lipinski definition) is 0. The summed E-state index contributed by atoms with van der Waals surface area (Å²) in [7, 11) is 1.20. The van der Waals surface area contributed by atoms with Gasteiger partial charge in [0.05, 0.1) is 12.1 Å². The molecule has 90 valence electrons. The molecule has 1 aliphatic rings. The van der Waals surface area contributed by atoms with E-state index in [4.69, 9.17) is 21.1 Å². The largest absolute Gasteiger partial charge is 0.485 e. The molecule has 1 aromatic rings. The van der Waals surface area contributed by atoms with Crippen LogP contribution in [0.2, 0.25) is 5.02 Å². The summed E-state index contributed by atoms with van der Waals surface area (Å²) in [5.41, 5.74) is -0.201. The predicted molar refractivity (Wildman–Crippen MR) is 59.2 cm³/mol. The molecular formula is C10H8ClNO5. The standard InChI is InChI=1S/C10H8ClNO5/c1-15-10(13)7-6(12-14)4-5(11)8-9(7)17-3-2-16-8/h4H,2-3H2,1H3. The number of esters is 1. The quantitative estimate of drug-likeness (QED) is 0.600. The summed E-state index contributed by atoms with van der Waals surface area (Å²) in [6.07, 6.45) is 0. The van der Waals surface area contributed by atoms with Crippen molar-refractivity contribution in [2.75, 3.05) is 20.3 Å². The second-order valence-corrected chi connectivity index (χ2v) is 3.60. The maximum atomic E-state index is 11.6. The molecule has 0 fully saturated rings. The first kappa shape index (κ1) is 11.7. The number of rotatable bonds is 2. The normalized spacial score (nSPS) is 13.1. The first-order chi connectivity index (χ1) is 8.19. The Labute approximate surface area is 101 Å². The molecular weight excluding hydrogens is 250 g/mol. The summed E-state index contributed by atoms with van der Waals surface area (Å²) in [5.74, 6) is -0.395. The van der Waals surface area contributed by atoms with Gasteiger partial charge in [-0.15, -0.1) is 4.91 Å². The third-order valence-corrected chi connectivity index (χ3v) is 2.51. The molecule has 0 unspecified atom stereocenters. The number of ether oxygens (including phenoxy) is 3. The van der Waals surface area contributed by atoms with Gasteiger partial charge < -0.3 is 14.2 Å². The minimum atomic E-state index is -0.724. The van der Waals surface area contributed by atoms with Gasteiger partial charge in [-0.2, -0.15) is 0 Å². The van der Waals surface area contributed by atoms with Gasteiger partial charge >= 0.3 is 5.97 Å². The SMILES string of the molecule is COC(=O)c1c(N=O)cc(Cl)c2c1OCCO2. The van der Waals surface area contributed by atoms with Crippen LogP contribution in [0.1, 0.15) is 10.4 Å². The average molecular weight is 258 g/mol. The Bertz CT molecular complexity index is 488. The van der Waals surface area contributed by atoms with Gasteiger partial charge in [0.25, 0.3) is 0 Å². The molecule has 0 radical (unpaired) electrons. The Hall–Kier alpha value is -1.82. The summed E-state index contributed by atoms with van der Waals surface area (Å²) in [5, 5.41) is 2.91. The van der Waals surface area contributed by atoms with Crippen molar-refractivity contribution in [1.82, 2.24) is 0 Å². The number of nitrogens with zero attached hydrogens (tertiary/aromatic N) is 1. The molecule has 0 aromatic heterocycles. The Morgan fingerprint density at radius 2 is 2.06 bits per heavy atom. The van der Waals surface area contributed by atoms with Gasteiger partial charge in [0.1, 0.15) is 24.5 Å². The summed E-state index contributed by atoms with van der Waals surface area (Å²) in [6.45, 7) is 0.580. The molecule has 0 saturated carbocycles. The lowest BCUT2D eigenvalue weighted by Gasteiger charge is -2.21. The molecule has 6 nitrogen and oxygen atoms in total. The number of nitroso groups, excluding NO2 is 1. The van der Waals surface area contributed by atoms with E-state index in [0.29, 0.717) is 6.61 Å². The van der Waals surface area contributed by atoms with Crippen LogP contribution < -0.4 is 9.47 Å². The highest BCUT2D eigenvalue weighted by molar-refractivity contribution is 6.33. The molecule has 0 bridgehead atoms. The molecule has 17 heavy (non-hydrogen) atoms. The summed E-state index contributed by atoms with van der Waals surface area (Å²) < 4.78 is 15.1. The van der Waals surface area contributed by atoms with Crippen molar-refractivity contribution in [3.63, 3.8) is 0 Å². The van der Waals surface area contributed by atoms with Crippen molar-refractivity contribution in [2.24, 2.45) is 5.18 Å². The monoisotopic (exact) mass is 257 g/mol. The molecule has 1 aromatic carbocycles. The number of halogens is 1. The second-order valence-electron chi connectivity index (χ2n) is 3.19. The third-order valence-electron chi connectivity index (χ3n) is 2.23. The lowest BCUT2D eigenvalue weighted by Crippen LogP contribution is -2.18. The highest BCUT2D eigenvalue weighted by Crippen LogP contribution is 2.45. The van der Waals surface area contributed by atoms with E-state index in [2.05, 4.69) is 9.91 Å². The average Bonchev–Trinajstić information content (AvgIpc) is 2.37. The van der Waals surface area contributed by atoms with E-state index in [1.165, 1.54) is 13.2 Å². The van der Waals surface area contributed by atoms with Crippen molar-refractivity contribution in [1.29, 1.82) is 0 Å². The van der Waals surface area contributed by atoms with E-state index in [0.717, 1.165) is 0 Å². The molecule has 0 spiro atoms. The van der Waals surface area contributed by atoms with Crippen molar-refractivity contribution in [3.05, 3.63) is 21.6 Å². The van der Waals surface area contributed by atoms with Crippen molar-refractivity contribution >= 4 is 23.3 Å². The molecule has 1 heterocycles. The van der Waals surface area contributed by atoms with Crippen LogP contribution in [0.5, 0.6) is 11.5 Å². The summed E-state index contributed by atoms with van der Waals surface area (Å²) in [4.78, 5) is 22.2. The number of carbonyl (C=O) groups excluding carboxylic acids is 1. The highest BCUT2D eigenvalue weighted by atomic mass is 35.5. The van der Waals surface area contributed by atoms with Crippen LogP contribution in [-0.4, -0.2) is 26.3 Å². The zero-order chi connectivity index (χ0) is 12.4. The lowest BCUT2D eigenvalue weighted by atomic mass is 10.1. The molecule has 0 amide bonds. The minimum Gasteiger partial charge on any atom is -0.485 e. The number of benzene rings is 1. The first-order valence-corrected chi connectivity index (χ1v) is 5.10. The van der Waals surface area contributed by atoms with E-state index in [9.17, 15) is 9.70 Å². The molecule has 0 atom stereocenters. The molecule has 0 N–H and O–H groups in total. The lowest BCUT2D eigenvalue weighted by molar-refractivity contribution is 0.0591. The van der Waals surface area contributed by atoms with Gasteiger partial charge in [0.15, 0.2) is 11.5 Å². The predicted octanol–water partition coefficient (Wildman–Crippen LogP) is 2.30. The molecule has 1 aliphatic heterocycles. The van der Waals surface area contributed by atoms with Crippen LogP contribution in [0, 0.1) is 4.91 Å². The van der Waals surface area contributed by atoms with Crippen LogP contribution in [0.3, 0.4) is 0 Å². The van der Waals surface area contributed by atoms with Gasteiger partial charge in [0, 0.05) is 0 Å². The van der Waals surface area contributed by atoms with Gasteiger partial charge in [-0.25, -0.2) is 4.79 Å². The molecule has 0 saturated heterocycles. The summed E-state index contributed by atoms with van der Waals surface area (Å²) in [6, 6.07) is 1.24. The van der Waals surface area contributed by atoms with E-state index in [1.54, 1.807) is 0 Å². The maximum absolute atomic E-state index is 11.6. The topological polar surface area (TPSA) is 74.2 Å². The van der Waals surface area contributed by atoms with Crippen LogP contribution in [-0.2, 0) is 4.74 Å². The highest BCUT2D eigenvalue weighted by Gasteiger charge is 2.28. The first-order valence-electron chi connectivity index (χ1n) is 4.72. The Morgan fingerprint density at radius 1 is 1.41 bits per heavy atom. The Kier molecular flexibility index (Phi) is 3.14. The number of fused-ring (bicyclic) bond motifs is 1. The van der Waals surface area contributed by atoms with Crippen LogP contribution >= 0.6 is 11.6 Å². The second kappa shape index (κ2) is 4.58. The number of carbonyl (C=O) groups is 1. The number of methoxy groups -OCH3 is 1. The van der Waals surface area contributed by atoms with E-state index < -0.39 is 5.97 Å². The Morgan fingerprint density at radius 3 is 2.65 bits per heavy atom. The fraction of sp³-hybridized carbons (Fsp3) is 0.300. The Balaban J connectivity index is 2.69. The zero-order valence-corrected chi connectivity index (χ0v) is 9.61. The van der Waals surface area contributed by atoms with Gasteiger partial charge in [-0.3, -0.25) is 0 Å². The number of hydrogen-bond acceptors (Lipinski definition) is 6. The summed E-state index contributed by atoms with van der Waals surface area (Å²) >= 11 is 5.89. The fourth-order valence-corrected chi connectivity index (χ4v) is 1.77. The van der Waals surface area contributed by atoms with Gasteiger partial charge in [-0.05, 0) is 11.2 Å². The maximum Gasteiger partial charge on any atom is 0.344 e. The smallest absolute Gasteiger partial charge is 0.344 e. The minimum absolute atomic E-state index is 0.0680. The van der Waals surface area contributed by atoms with Crippen molar-refractivity contribution < 1.29 is 19.0 Å². The van der Waals surface area contributed by atoms with Gasteiger partial charge in [-0.1, -0.05) is 11.6 Å². The molecule has 7 heteroatoms. The van der Waals surface area contributed by atoms with E-state index in [1.807, 2.05) is 0 Å². The van der Waals surface area contributed by atoms with Crippen LogP contribution in [0.15, 0.2) is 11.2 Å². The van der Waals surface area contributed by atoms with E-state index in [-0.39, 0.29) is 34.4 Å². The van der Waals surface area contributed by atoms with Crippen molar-refractivity contribution in [2.45, 2.75) is 0 Å². The van der Waals surface area contributed by atoms with Crippen LogP contribution in [0.4, 0.5) is 5.69 Å². The third kappa shape index (κ3) is 1.91. The van der Waals surface area contributed by atoms with Gasteiger partial charge in [0.2, 0.25) is 0 Å². The van der Waals surface area contributed by atoms with Crippen LogP contribution in [0.25, 0.3) is 0 Å². The molecule has 0 aliphatic carbocycles. The van der Waals surface area contributed by atoms with Crippen molar-refractivity contribution in [3.8, 4) is 11.5 Å². The fourth-order valence-electron chi connectivity index (χ4n) is 1.53. The zero-order valence-electron chi connectivity index (χ0n) is 8.86.